The van der Waals surface area contributed by atoms with Crippen LogP contribution in [0.1, 0.15) is 25.3 Å². The Morgan fingerprint density at radius 3 is 1.95 bits per heavy atom. The standard InChI is InChI=1S/C21H23N/c1-15(2)16-9-11-17(12-10-16)18-13-14-21(22(3)4)20-8-6-5-7-19(18)20/h5-15H,1-4H3. The molecule has 1 heteroatoms. The second kappa shape index (κ2) is 5.84. The summed E-state index contributed by atoms with van der Waals surface area (Å²) in [5.74, 6) is 0.571. The highest BCUT2D eigenvalue weighted by Gasteiger charge is 2.09. The van der Waals surface area contributed by atoms with Gasteiger partial charge in [-0.3, -0.25) is 0 Å². The van der Waals surface area contributed by atoms with Crippen molar-refractivity contribution < 1.29 is 0 Å². The van der Waals surface area contributed by atoms with Crippen LogP contribution >= 0.6 is 0 Å². The molecule has 0 spiro atoms. The second-order valence-corrected chi connectivity index (χ2v) is 6.35. The smallest absolute Gasteiger partial charge is 0.0441 e. The number of fused-ring (bicyclic) bond motifs is 1. The molecular formula is C21H23N. The molecular weight excluding hydrogens is 266 g/mol. The first-order valence-electron chi connectivity index (χ1n) is 7.87. The van der Waals surface area contributed by atoms with Crippen LogP contribution in [-0.2, 0) is 0 Å². The van der Waals surface area contributed by atoms with Gasteiger partial charge in [-0.1, -0.05) is 68.4 Å². The van der Waals surface area contributed by atoms with Crippen LogP contribution in [0.25, 0.3) is 21.9 Å². The van der Waals surface area contributed by atoms with Crippen molar-refractivity contribution in [3.05, 3.63) is 66.2 Å². The molecule has 0 amide bonds. The Bertz CT molecular complexity index is 783. The van der Waals surface area contributed by atoms with Gasteiger partial charge in [-0.15, -0.1) is 0 Å². The van der Waals surface area contributed by atoms with Crippen LogP contribution in [-0.4, -0.2) is 14.1 Å². The zero-order chi connectivity index (χ0) is 15.7. The van der Waals surface area contributed by atoms with Gasteiger partial charge in [0.05, 0.1) is 0 Å². The van der Waals surface area contributed by atoms with Gasteiger partial charge >= 0.3 is 0 Å². The zero-order valence-electron chi connectivity index (χ0n) is 13.8. The summed E-state index contributed by atoms with van der Waals surface area (Å²) in [6, 6.07) is 22.1. The molecule has 0 atom stereocenters. The predicted molar refractivity (Wildman–Crippen MR) is 97.8 cm³/mol. The molecule has 0 heterocycles. The van der Waals surface area contributed by atoms with Gasteiger partial charge in [-0.2, -0.15) is 0 Å². The summed E-state index contributed by atoms with van der Waals surface area (Å²) < 4.78 is 0. The molecule has 0 saturated heterocycles. The van der Waals surface area contributed by atoms with Crippen LogP contribution in [0.4, 0.5) is 5.69 Å². The third-order valence-corrected chi connectivity index (χ3v) is 4.27. The highest BCUT2D eigenvalue weighted by molar-refractivity contribution is 6.03. The summed E-state index contributed by atoms with van der Waals surface area (Å²) in [6.45, 7) is 4.46. The average molecular weight is 289 g/mol. The van der Waals surface area contributed by atoms with Gasteiger partial charge in [-0.25, -0.2) is 0 Å². The Labute approximate surface area is 133 Å². The Hall–Kier alpha value is -2.28. The molecule has 0 aromatic heterocycles. The molecule has 22 heavy (non-hydrogen) atoms. The van der Waals surface area contributed by atoms with Gasteiger partial charge in [0.15, 0.2) is 0 Å². The number of hydrogen-bond donors (Lipinski definition) is 0. The number of hydrogen-bond acceptors (Lipinski definition) is 1. The molecule has 0 fully saturated rings. The van der Waals surface area contributed by atoms with Crippen LogP contribution in [0.15, 0.2) is 60.7 Å². The summed E-state index contributed by atoms with van der Waals surface area (Å²) in [5, 5.41) is 2.61. The normalized spacial score (nSPS) is 11.1. The zero-order valence-corrected chi connectivity index (χ0v) is 13.8. The molecule has 3 aromatic rings. The van der Waals surface area contributed by atoms with E-state index >= 15 is 0 Å². The van der Waals surface area contributed by atoms with E-state index in [1.54, 1.807) is 0 Å². The maximum Gasteiger partial charge on any atom is 0.0441 e. The second-order valence-electron chi connectivity index (χ2n) is 6.35. The molecule has 0 aliphatic heterocycles. The fourth-order valence-electron chi connectivity index (χ4n) is 2.97. The lowest BCUT2D eigenvalue weighted by molar-refractivity contribution is 0.867. The Morgan fingerprint density at radius 2 is 1.36 bits per heavy atom. The van der Waals surface area contributed by atoms with Gasteiger partial charge in [0.2, 0.25) is 0 Å². The Kier molecular flexibility index (Phi) is 3.89. The van der Waals surface area contributed by atoms with Crippen LogP contribution in [0.3, 0.4) is 0 Å². The fraction of sp³-hybridized carbons (Fsp3) is 0.238. The highest BCUT2D eigenvalue weighted by atomic mass is 15.1. The molecule has 1 nitrogen and oxygen atoms in total. The SMILES string of the molecule is CC(C)c1ccc(-c2ccc(N(C)C)c3ccccc23)cc1. The van der Waals surface area contributed by atoms with Gasteiger partial charge < -0.3 is 4.90 Å². The molecule has 0 saturated carbocycles. The minimum atomic E-state index is 0.571. The van der Waals surface area contributed by atoms with Crippen molar-refractivity contribution >= 4 is 16.5 Å². The molecule has 112 valence electrons. The van der Waals surface area contributed by atoms with E-state index in [2.05, 4.69) is 93.5 Å². The van der Waals surface area contributed by atoms with Crippen molar-refractivity contribution in [3.8, 4) is 11.1 Å². The van der Waals surface area contributed by atoms with E-state index in [9.17, 15) is 0 Å². The number of benzene rings is 3. The molecule has 0 aliphatic rings. The van der Waals surface area contributed by atoms with E-state index in [-0.39, 0.29) is 0 Å². The first kappa shape index (κ1) is 14.6. The van der Waals surface area contributed by atoms with Gasteiger partial charge in [0, 0.05) is 25.2 Å². The Balaban J connectivity index is 2.17. The van der Waals surface area contributed by atoms with Gasteiger partial charge in [0.25, 0.3) is 0 Å². The molecule has 0 bridgehead atoms. The first-order chi connectivity index (χ1) is 10.6. The third kappa shape index (κ3) is 2.59. The lowest BCUT2D eigenvalue weighted by atomic mass is 9.94. The topological polar surface area (TPSA) is 3.24 Å². The molecule has 0 aliphatic carbocycles. The van der Waals surface area contributed by atoms with E-state index in [0.29, 0.717) is 5.92 Å². The van der Waals surface area contributed by atoms with Crippen molar-refractivity contribution in [3.63, 3.8) is 0 Å². The van der Waals surface area contributed by atoms with Crippen molar-refractivity contribution in [1.82, 2.24) is 0 Å². The number of nitrogens with zero attached hydrogens (tertiary/aromatic N) is 1. The van der Waals surface area contributed by atoms with E-state index in [1.165, 1.54) is 33.2 Å². The lowest BCUT2D eigenvalue weighted by Crippen LogP contribution is -2.09. The molecule has 3 aromatic carbocycles. The van der Waals surface area contributed by atoms with Gasteiger partial charge in [-0.05, 0) is 34.1 Å². The van der Waals surface area contributed by atoms with Crippen LogP contribution < -0.4 is 4.90 Å². The Morgan fingerprint density at radius 1 is 0.727 bits per heavy atom. The van der Waals surface area contributed by atoms with E-state index in [1.807, 2.05) is 0 Å². The van der Waals surface area contributed by atoms with Crippen molar-refractivity contribution in [2.75, 3.05) is 19.0 Å². The van der Waals surface area contributed by atoms with Gasteiger partial charge in [0.1, 0.15) is 0 Å². The highest BCUT2D eigenvalue weighted by Crippen LogP contribution is 2.34. The summed E-state index contributed by atoms with van der Waals surface area (Å²) in [7, 11) is 4.19. The van der Waals surface area contributed by atoms with E-state index < -0.39 is 0 Å². The number of anilines is 1. The lowest BCUT2D eigenvalue weighted by Gasteiger charge is -2.18. The minimum Gasteiger partial charge on any atom is -0.377 e. The van der Waals surface area contributed by atoms with Crippen molar-refractivity contribution in [2.45, 2.75) is 19.8 Å². The number of rotatable bonds is 3. The summed E-state index contributed by atoms with van der Waals surface area (Å²) in [6.07, 6.45) is 0. The van der Waals surface area contributed by atoms with E-state index in [4.69, 9.17) is 0 Å². The fourth-order valence-corrected chi connectivity index (χ4v) is 2.97. The predicted octanol–water partition coefficient (Wildman–Crippen LogP) is 5.70. The summed E-state index contributed by atoms with van der Waals surface area (Å²) in [5.41, 5.74) is 5.23. The molecule has 3 rings (SSSR count). The van der Waals surface area contributed by atoms with Crippen molar-refractivity contribution in [2.24, 2.45) is 0 Å². The van der Waals surface area contributed by atoms with Crippen LogP contribution in [0.2, 0.25) is 0 Å². The molecule has 0 radical (unpaired) electrons. The minimum absolute atomic E-state index is 0.571. The van der Waals surface area contributed by atoms with E-state index in [0.717, 1.165) is 0 Å². The third-order valence-electron chi connectivity index (χ3n) is 4.27. The van der Waals surface area contributed by atoms with Crippen LogP contribution in [0, 0.1) is 0 Å². The van der Waals surface area contributed by atoms with Crippen molar-refractivity contribution in [1.29, 1.82) is 0 Å². The molecule has 0 unspecified atom stereocenters. The maximum atomic E-state index is 2.24. The average Bonchev–Trinajstić information content (AvgIpc) is 2.53. The molecule has 0 N–H and O–H groups in total. The largest absolute Gasteiger partial charge is 0.377 e. The monoisotopic (exact) mass is 289 g/mol. The maximum absolute atomic E-state index is 2.24. The first-order valence-corrected chi connectivity index (χ1v) is 7.87. The van der Waals surface area contributed by atoms with Crippen LogP contribution in [0.5, 0.6) is 0 Å². The quantitative estimate of drug-likeness (QED) is 0.598. The summed E-state index contributed by atoms with van der Waals surface area (Å²) >= 11 is 0. The summed E-state index contributed by atoms with van der Waals surface area (Å²) in [4.78, 5) is 2.17.